The molecule has 62 valence electrons. The predicted molar refractivity (Wildman–Crippen MR) is 50.9 cm³/mol. The molecular formula is C9H9NOS. The minimum absolute atomic E-state index is 0.0588. The molecule has 12 heavy (non-hydrogen) atoms. The van der Waals surface area contributed by atoms with Gasteiger partial charge in [-0.2, -0.15) is 0 Å². The summed E-state index contributed by atoms with van der Waals surface area (Å²) in [5.74, 6) is 0. The fourth-order valence-electron chi connectivity index (χ4n) is 1.16. The molecule has 0 atom stereocenters. The van der Waals surface area contributed by atoms with E-state index in [9.17, 15) is 4.79 Å². The maximum absolute atomic E-state index is 11.3. The van der Waals surface area contributed by atoms with Crippen molar-refractivity contribution in [2.75, 3.05) is 0 Å². The lowest BCUT2D eigenvalue weighted by Gasteiger charge is -1.86. The molecule has 0 spiro atoms. The van der Waals surface area contributed by atoms with E-state index in [1.165, 1.54) is 4.88 Å². The molecule has 0 saturated carbocycles. The number of rotatable bonds is 1. The molecule has 3 heteroatoms. The van der Waals surface area contributed by atoms with Gasteiger partial charge in [0.15, 0.2) is 0 Å². The molecule has 0 saturated heterocycles. The first-order chi connectivity index (χ1) is 5.81. The molecule has 2 heterocycles. The molecule has 2 aromatic rings. The summed E-state index contributed by atoms with van der Waals surface area (Å²) in [7, 11) is 0. The second-order valence-electron chi connectivity index (χ2n) is 2.62. The first-order valence-electron chi connectivity index (χ1n) is 3.91. The molecule has 0 fully saturated rings. The molecule has 0 aliphatic rings. The van der Waals surface area contributed by atoms with Crippen LogP contribution in [-0.4, -0.2) is 4.40 Å². The molecule has 2 aromatic heterocycles. The van der Waals surface area contributed by atoms with Gasteiger partial charge in [0.2, 0.25) is 0 Å². The monoisotopic (exact) mass is 179 g/mol. The van der Waals surface area contributed by atoms with Gasteiger partial charge >= 0.3 is 0 Å². The maximum atomic E-state index is 11.3. The summed E-state index contributed by atoms with van der Waals surface area (Å²) >= 11 is 1.67. The molecular weight excluding hydrogens is 170 g/mol. The van der Waals surface area contributed by atoms with Crippen LogP contribution in [0.4, 0.5) is 0 Å². The van der Waals surface area contributed by atoms with E-state index in [0.717, 1.165) is 11.3 Å². The van der Waals surface area contributed by atoms with Crippen molar-refractivity contribution >= 4 is 16.2 Å². The van der Waals surface area contributed by atoms with E-state index in [1.807, 2.05) is 12.3 Å². The molecule has 0 N–H and O–H groups in total. The van der Waals surface area contributed by atoms with Crippen molar-refractivity contribution in [3.8, 4) is 0 Å². The lowest BCUT2D eigenvalue weighted by atomic mass is 10.4. The summed E-state index contributed by atoms with van der Waals surface area (Å²) in [6.45, 7) is 2.09. The van der Waals surface area contributed by atoms with Crippen molar-refractivity contribution in [2.24, 2.45) is 0 Å². The number of hydrogen-bond acceptors (Lipinski definition) is 2. The van der Waals surface area contributed by atoms with E-state index in [-0.39, 0.29) is 5.56 Å². The first-order valence-corrected chi connectivity index (χ1v) is 4.73. The SMILES string of the molecule is CCc1cn2c(=O)cccc2s1. The minimum Gasteiger partial charge on any atom is -0.274 e. The van der Waals surface area contributed by atoms with Crippen molar-refractivity contribution in [1.29, 1.82) is 0 Å². The largest absolute Gasteiger partial charge is 0.274 e. The summed E-state index contributed by atoms with van der Waals surface area (Å²) in [6, 6.07) is 5.35. The Balaban J connectivity index is 2.83. The summed E-state index contributed by atoms with van der Waals surface area (Å²) in [5.41, 5.74) is 0.0588. The number of thiazole rings is 1. The van der Waals surface area contributed by atoms with Crippen molar-refractivity contribution in [1.82, 2.24) is 4.40 Å². The number of hydrogen-bond donors (Lipinski definition) is 0. The molecule has 0 aliphatic heterocycles. The lowest BCUT2D eigenvalue weighted by Crippen LogP contribution is -2.07. The van der Waals surface area contributed by atoms with Crippen LogP contribution in [0.25, 0.3) is 4.83 Å². The van der Waals surface area contributed by atoms with E-state index < -0.39 is 0 Å². The fraction of sp³-hybridized carbons (Fsp3) is 0.222. The number of nitrogens with zero attached hydrogens (tertiary/aromatic N) is 1. The lowest BCUT2D eigenvalue weighted by molar-refractivity contribution is 1.08. The Morgan fingerprint density at radius 2 is 2.33 bits per heavy atom. The van der Waals surface area contributed by atoms with Crippen LogP contribution >= 0.6 is 11.3 Å². The van der Waals surface area contributed by atoms with E-state index >= 15 is 0 Å². The van der Waals surface area contributed by atoms with E-state index in [2.05, 4.69) is 6.92 Å². The molecule has 0 aromatic carbocycles. The molecule has 0 amide bonds. The third-order valence-corrected chi connectivity index (χ3v) is 3.01. The molecule has 0 aliphatic carbocycles. The Bertz CT molecular complexity index is 455. The van der Waals surface area contributed by atoms with Crippen LogP contribution in [0.5, 0.6) is 0 Å². The Labute approximate surface area is 74.1 Å². The van der Waals surface area contributed by atoms with Gasteiger partial charge in [-0.1, -0.05) is 13.0 Å². The summed E-state index contributed by atoms with van der Waals surface area (Å²) in [4.78, 5) is 13.6. The van der Waals surface area contributed by atoms with E-state index in [1.54, 1.807) is 27.9 Å². The molecule has 2 nitrogen and oxygen atoms in total. The number of aromatic nitrogens is 1. The zero-order valence-corrected chi connectivity index (χ0v) is 7.60. The van der Waals surface area contributed by atoms with Gasteiger partial charge in [0.25, 0.3) is 5.56 Å². The molecule has 0 radical (unpaired) electrons. The molecule has 2 rings (SSSR count). The van der Waals surface area contributed by atoms with Crippen LogP contribution < -0.4 is 5.56 Å². The fourth-order valence-corrected chi connectivity index (χ4v) is 2.12. The van der Waals surface area contributed by atoms with Crippen LogP contribution in [0.1, 0.15) is 11.8 Å². The highest BCUT2D eigenvalue weighted by molar-refractivity contribution is 7.17. The van der Waals surface area contributed by atoms with Gasteiger partial charge in [0.1, 0.15) is 4.83 Å². The average molecular weight is 179 g/mol. The number of pyridine rings is 1. The highest BCUT2D eigenvalue weighted by atomic mass is 32.1. The summed E-state index contributed by atoms with van der Waals surface area (Å²) < 4.78 is 1.70. The summed E-state index contributed by atoms with van der Waals surface area (Å²) in [6.07, 6.45) is 2.91. The van der Waals surface area contributed by atoms with Crippen LogP contribution in [0, 0.1) is 0 Å². The standard InChI is InChI=1S/C9H9NOS/c1-2-7-6-10-8(11)4-3-5-9(10)12-7/h3-6H,2H2,1H3. The molecule has 0 unspecified atom stereocenters. The Morgan fingerprint density at radius 3 is 3.00 bits per heavy atom. The predicted octanol–water partition coefficient (Wildman–Crippen LogP) is 1.92. The van der Waals surface area contributed by atoms with Gasteiger partial charge in [-0.25, -0.2) is 0 Å². The van der Waals surface area contributed by atoms with Gasteiger partial charge in [0, 0.05) is 17.1 Å². The third-order valence-electron chi connectivity index (χ3n) is 1.81. The number of aryl methyl sites for hydroxylation is 1. The number of fused-ring (bicyclic) bond motifs is 1. The third kappa shape index (κ3) is 1.06. The highest BCUT2D eigenvalue weighted by Gasteiger charge is 1.99. The van der Waals surface area contributed by atoms with Gasteiger partial charge in [-0.3, -0.25) is 9.20 Å². The van der Waals surface area contributed by atoms with Gasteiger partial charge < -0.3 is 0 Å². The second-order valence-corrected chi connectivity index (χ2v) is 3.77. The normalized spacial score (nSPS) is 10.8. The van der Waals surface area contributed by atoms with Crippen molar-refractivity contribution in [3.05, 3.63) is 39.6 Å². The van der Waals surface area contributed by atoms with Gasteiger partial charge in [0.05, 0.1) is 0 Å². The van der Waals surface area contributed by atoms with Crippen molar-refractivity contribution < 1.29 is 0 Å². The smallest absolute Gasteiger partial charge is 0.255 e. The maximum Gasteiger partial charge on any atom is 0.255 e. The Morgan fingerprint density at radius 1 is 1.50 bits per heavy atom. The average Bonchev–Trinajstić information content (AvgIpc) is 2.49. The van der Waals surface area contributed by atoms with E-state index in [0.29, 0.717) is 0 Å². The first kappa shape index (κ1) is 7.55. The Hall–Kier alpha value is -1.09. The minimum atomic E-state index is 0.0588. The zero-order chi connectivity index (χ0) is 8.55. The van der Waals surface area contributed by atoms with Crippen LogP contribution in [-0.2, 0) is 6.42 Å². The second kappa shape index (κ2) is 2.75. The van der Waals surface area contributed by atoms with Crippen molar-refractivity contribution in [2.45, 2.75) is 13.3 Å². The molecule has 0 bridgehead atoms. The topological polar surface area (TPSA) is 21.5 Å². The zero-order valence-electron chi connectivity index (χ0n) is 6.78. The van der Waals surface area contributed by atoms with E-state index in [4.69, 9.17) is 0 Å². The van der Waals surface area contributed by atoms with Crippen LogP contribution in [0.15, 0.2) is 29.2 Å². The van der Waals surface area contributed by atoms with Crippen molar-refractivity contribution in [3.63, 3.8) is 0 Å². The van der Waals surface area contributed by atoms with Gasteiger partial charge in [-0.05, 0) is 12.5 Å². The summed E-state index contributed by atoms with van der Waals surface area (Å²) in [5, 5.41) is 0. The Kier molecular flexibility index (Phi) is 1.73. The highest BCUT2D eigenvalue weighted by Crippen LogP contribution is 2.15. The quantitative estimate of drug-likeness (QED) is 0.655. The van der Waals surface area contributed by atoms with Crippen LogP contribution in [0.3, 0.4) is 0 Å². The van der Waals surface area contributed by atoms with Crippen LogP contribution in [0.2, 0.25) is 0 Å². The van der Waals surface area contributed by atoms with Gasteiger partial charge in [-0.15, -0.1) is 11.3 Å².